The van der Waals surface area contributed by atoms with Crippen molar-refractivity contribution in [2.75, 3.05) is 6.54 Å². The minimum Gasteiger partial charge on any atom is -0.330 e. The summed E-state index contributed by atoms with van der Waals surface area (Å²) in [4.78, 5) is 0. The Kier molecular flexibility index (Phi) is 3.82. The van der Waals surface area contributed by atoms with E-state index in [0.29, 0.717) is 0 Å². The Morgan fingerprint density at radius 3 is 2.14 bits per heavy atom. The largest absolute Gasteiger partial charge is 0.330 e. The Morgan fingerprint density at radius 1 is 1.21 bits per heavy atom. The van der Waals surface area contributed by atoms with Crippen molar-refractivity contribution in [3.63, 3.8) is 0 Å². The topological polar surface area (TPSA) is 26.0 Å². The lowest BCUT2D eigenvalue weighted by molar-refractivity contribution is 0.253. The first kappa shape index (κ1) is 11.8. The van der Waals surface area contributed by atoms with E-state index in [-0.39, 0.29) is 17.8 Å². The van der Waals surface area contributed by atoms with Gasteiger partial charge < -0.3 is 5.73 Å². The zero-order chi connectivity index (χ0) is 9.31. The summed E-state index contributed by atoms with van der Waals surface area (Å²) in [6.07, 6.45) is 3.76. The lowest BCUT2D eigenvalue weighted by atomic mass is 9.64. The second kappa shape index (κ2) is 4.52. The van der Waals surface area contributed by atoms with E-state index < -0.39 is 0 Å². The standard InChI is InChI=1S/C11H14ClN.ClH/c12-10-4-2-9(3-5-10)11(8-13)6-1-7-11;/h2-5H,1,6-8,13H2;1H. The van der Waals surface area contributed by atoms with Crippen LogP contribution in [0, 0.1) is 0 Å². The summed E-state index contributed by atoms with van der Waals surface area (Å²) in [6, 6.07) is 8.11. The number of rotatable bonds is 2. The van der Waals surface area contributed by atoms with Crippen molar-refractivity contribution >= 4 is 24.0 Å². The molecule has 1 aliphatic carbocycles. The molecular formula is C11H15Cl2N. The van der Waals surface area contributed by atoms with Gasteiger partial charge in [-0.1, -0.05) is 30.2 Å². The lowest BCUT2D eigenvalue weighted by Crippen LogP contribution is -2.41. The van der Waals surface area contributed by atoms with Crippen LogP contribution in [0.5, 0.6) is 0 Å². The van der Waals surface area contributed by atoms with Gasteiger partial charge >= 0.3 is 0 Å². The molecule has 0 aliphatic heterocycles. The number of nitrogens with two attached hydrogens (primary N) is 1. The van der Waals surface area contributed by atoms with Gasteiger partial charge in [-0.15, -0.1) is 12.4 Å². The monoisotopic (exact) mass is 231 g/mol. The minimum absolute atomic E-state index is 0. The Labute approximate surface area is 96.0 Å². The quantitative estimate of drug-likeness (QED) is 0.832. The molecule has 0 unspecified atom stereocenters. The van der Waals surface area contributed by atoms with Gasteiger partial charge in [0.1, 0.15) is 0 Å². The number of hydrogen-bond donors (Lipinski definition) is 1. The second-order valence-electron chi connectivity index (χ2n) is 3.84. The fourth-order valence-electron chi connectivity index (χ4n) is 2.02. The minimum atomic E-state index is 0. The highest BCUT2D eigenvalue weighted by molar-refractivity contribution is 6.30. The molecule has 0 saturated heterocycles. The fourth-order valence-corrected chi connectivity index (χ4v) is 2.14. The molecule has 1 aromatic carbocycles. The van der Waals surface area contributed by atoms with Crippen molar-refractivity contribution < 1.29 is 0 Å². The third-order valence-electron chi connectivity index (χ3n) is 3.16. The first-order valence-electron chi connectivity index (χ1n) is 4.73. The first-order chi connectivity index (χ1) is 6.27. The van der Waals surface area contributed by atoms with Crippen molar-refractivity contribution in [1.29, 1.82) is 0 Å². The molecule has 0 bridgehead atoms. The fraction of sp³-hybridized carbons (Fsp3) is 0.455. The molecule has 2 N–H and O–H groups in total. The molecule has 1 aliphatic rings. The summed E-state index contributed by atoms with van der Waals surface area (Å²) in [5.74, 6) is 0. The number of benzene rings is 1. The normalized spacial score (nSPS) is 18.1. The maximum absolute atomic E-state index is 5.83. The van der Waals surface area contributed by atoms with Crippen molar-refractivity contribution in [2.45, 2.75) is 24.7 Å². The average Bonchev–Trinajstić information content (AvgIpc) is 2.07. The van der Waals surface area contributed by atoms with Crippen LogP contribution >= 0.6 is 24.0 Å². The SMILES string of the molecule is Cl.NCC1(c2ccc(Cl)cc2)CCC1. The van der Waals surface area contributed by atoms with E-state index in [0.717, 1.165) is 11.6 Å². The van der Waals surface area contributed by atoms with Crippen molar-refractivity contribution in [2.24, 2.45) is 5.73 Å². The maximum Gasteiger partial charge on any atom is 0.0406 e. The summed E-state index contributed by atoms with van der Waals surface area (Å²) in [6.45, 7) is 0.759. The Morgan fingerprint density at radius 2 is 1.79 bits per heavy atom. The summed E-state index contributed by atoms with van der Waals surface area (Å²) in [5, 5.41) is 0.801. The maximum atomic E-state index is 5.83. The Bertz CT molecular complexity index is 285. The second-order valence-corrected chi connectivity index (χ2v) is 4.28. The third-order valence-corrected chi connectivity index (χ3v) is 3.41. The van der Waals surface area contributed by atoms with Crippen molar-refractivity contribution in [3.05, 3.63) is 34.9 Å². The predicted octanol–water partition coefficient (Wildman–Crippen LogP) is 3.14. The summed E-state index contributed by atoms with van der Waals surface area (Å²) >= 11 is 5.83. The first-order valence-corrected chi connectivity index (χ1v) is 5.11. The van der Waals surface area contributed by atoms with E-state index >= 15 is 0 Å². The van der Waals surface area contributed by atoms with E-state index in [1.54, 1.807) is 0 Å². The number of halogens is 2. The molecule has 0 spiro atoms. The van der Waals surface area contributed by atoms with Gasteiger partial charge in [0.05, 0.1) is 0 Å². The van der Waals surface area contributed by atoms with Gasteiger partial charge in [-0.25, -0.2) is 0 Å². The zero-order valence-electron chi connectivity index (χ0n) is 8.00. The van der Waals surface area contributed by atoms with Gasteiger partial charge in [-0.05, 0) is 30.5 Å². The molecule has 0 atom stereocenters. The Hall–Kier alpha value is -0.240. The van der Waals surface area contributed by atoms with Crippen LogP contribution in [0.1, 0.15) is 24.8 Å². The molecule has 1 nitrogen and oxygen atoms in total. The van der Waals surface area contributed by atoms with Crippen LogP contribution in [0.15, 0.2) is 24.3 Å². The average molecular weight is 232 g/mol. The van der Waals surface area contributed by atoms with Gasteiger partial charge in [0.2, 0.25) is 0 Å². The van der Waals surface area contributed by atoms with Crippen LogP contribution in [0.25, 0.3) is 0 Å². The van der Waals surface area contributed by atoms with E-state index in [4.69, 9.17) is 17.3 Å². The van der Waals surface area contributed by atoms with E-state index in [2.05, 4.69) is 12.1 Å². The highest BCUT2D eigenvalue weighted by Gasteiger charge is 2.36. The van der Waals surface area contributed by atoms with Crippen LogP contribution < -0.4 is 5.73 Å². The molecule has 1 saturated carbocycles. The molecule has 3 heteroatoms. The van der Waals surface area contributed by atoms with Crippen LogP contribution in [-0.2, 0) is 5.41 Å². The van der Waals surface area contributed by atoms with Gasteiger partial charge in [0.25, 0.3) is 0 Å². The van der Waals surface area contributed by atoms with Gasteiger partial charge in [0, 0.05) is 17.0 Å². The molecule has 1 aromatic rings. The van der Waals surface area contributed by atoms with Gasteiger partial charge in [0.15, 0.2) is 0 Å². The molecule has 1 fully saturated rings. The molecule has 2 rings (SSSR count). The van der Waals surface area contributed by atoms with Crippen LogP contribution in [0.3, 0.4) is 0 Å². The summed E-state index contributed by atoms with van der Waals surface area (Å²) in [5.41, 5.74) is 7.43. The van der Waals surface area contributed by atoms with E-state index in [9.17, 15) is 0 Å². The highest BCUT2D eigenvalue weighted by Crippen LogP contribution is 2.42. The van der Waals surface area contributed by atoms with Crippen LogP contribution in [-0.4, -0.2) is 6.54 Å². The van der Waals surface area contributed by atoms with Gasteiger partial charge in [-0.3, -0.25) is 0 Å². The van der Waals surface area contributed by atoms with E-state index in [1.165, 1.54) is 24.8 Å². The highest BCUT2D eigenvalue weighted by atomic mass is 35.5. The zero-order valence-corrected chi connectivity index (χ0v) is 9.57. The van der Waals surface area contributed by atoms with Crippen LogP contribution in [0.4, 0.5) is 0 Å². The van der Waals surface area contributed by atoms with Crippen molar-refractivity contribution in [1.82, 2.24) is 0 Å². The molecule has 0 radical (unpaired) electrons. The predicted molar refractivity (Wildman–Crippen MR) is 63.3 cm³/mol. The molecule has 14 heavy (non-hydrogen) atoms. The molecule has 0 amide bonds. The lowest BCUT2D eigenvalue weighted by Gasteiger charge is -2.41. The smallest absolute Gasteiger partial charge is 0.0406 e. The van der Waals surface area contributed by atoms with Crippen molar-refractivity contribution in [3.8, 4) is 0 Å². The molecular weight excluding hydrogens is 217 g/mol. The summed E-state index contributed by atoms with van der Waals surface area (Å²) < 4.78 is 0. The summed E-state index contributed by atoms with van der Waals surface area (Å²) in [7, 11) is 0. The molecule has 0 aromatic heterocycles. The van der Waals surface area contributed by atoms with E-state index in [1.807, 2.05) is 12.1 Å². The third kappa shape index (κ3) is 1.90. The number of hydrogen-bond acceptors (Lipinski definition) is 1. The molecule has 0 heterocycles. The van der Waals surface area contributed by atoms with Gasteiger partial charge in [-0.2, -0.15) is 0 Å². The Balaban J connectivity index is 0.000000980. The molecule has 78 valence electrons. The van der Waals surface area contributed by atoms with Crippen LogP contribution in [0.2, 0.25) is 5.02 Å².